The van der Waals surface area contributed by atoms with Gasteiger partial charge in [0.25, 0.3) is 0 Å². The molecule has 1 rings (SSSR count). The molecule has 3 heteroatoms. The third-order valence-corrected chi connectivity index (χ3v) is 4.23. The van der Waals surface area contributed by atoms with Crippen LogP contribution in [0.1, 0.15) is 31.4 Å². The summed E-state index contributed by atoms with van der Waals surface area (Å²) in [5.74, 6) is 0.0549. The van der Waals surface area contributed by atoms with Crippen LogP contribution in [0.25, 0.3) is 0 Å². The van der Waals surface area contributed by atoms with E-state index in [-0.39, 0.29) is 0 Å². The lowest BCUT2D eigenvalue weighted by Gasteiger charge is -2.27. The molecule has 0 saturated heterocycles. The first-order chi connectivity index (χ1) is 7.56. The zero-order valence-electron chi connectivity index (χ0n) is 9.99. The van der Waals surface area contributed by atoms with Crippen LogP contribution in [0.2, 0.25) is 0 Å². The van der Waals surface area contributed by atoms with E-state index in [2.05, 4.69) is 0 Å². The first kappa shape index (κ1) is 13.1. The summed E-state index contributed by atoms with van der Waals surface area (Å²) in [6.07, 6.45) is 0.601. The highest BCUT2D eigenvalue weighted by atomic mass is 32.2. The highest BCUT2D eigenvalue weighted by Crippen LogP contribution is 2.39. The fraction of sp³-hybridized carbons (Fsp3) is 0.462. The Hall–Kier alpha value is -0.960. The van der Waals surface area contributed by atoms with Crippen LogP contribution in [-0.4, -0.2) is 16.8 Å². The molecule has 2 nitrogen and oxygen atoms in total. The average molecular weight is 238 g/mol. The van der Waals surface area contributed by atoms with Crippen molar-refractivity contribution in [2.24, 2.45) is 0 Å². The van der Waals surface area contributed by atoms with Crippen LogP contribution in [-0.2, 0) is 9.54 Å². The SMILES string of the molecule is CCSC(CC)(C(=O)O)c1ccc(C)cc1. The van der Waals surface area contributed by atoms with E-state index in [1.807, 2.05) is 45.0 Å². The number of rotatable bonds is 5. The number of aryl methyl sites for hydroxylation is 1. The first-order valence-corrected chi connectivity index (χ1v) is 6.50. The molecule has 0 radical (unpaired) electrons. The normalized spacial score (nSPS) is 14.4. The summed E-state index contributed by atoms with van der Waals surface area (Å²) in [7, 11) is 0. The van der Waals surface area contributed by atoms with Gasteiger partial charge >= 0.3 is 5.97 Å². The van der Waals surface area contributed by atoms with Crippen molar-refractivity contribution in [1.82, 2.24) is 0 Å². The first-order valence-electron chi connectivity index (χ1n) is 5.51. The molecule has 1 aromatic carbocycles. The molecule has 0 aliphatic rings. The molecule has 88 valence electrons. The molecule has 0 aliphatic heterocycles. The maximum Gasteiger partial charge on any atom is 0.324 e. The van der Waals surface area contributed by atoms with Crippen LogP contribution in [0.15, 0.2) is 24.3 Å². The number of benzene rings is 1. The average Bonchev–Trinajstić information content (AvgIpc) is 2.27. The third-order valence-electron chi connectivity index (χ3n) is 2.75. The van der Waals surface area contributed by atoms with Gasteiger partial charge in [-0.1, -0.05) is 43.7 Å². The van der Waals surface area contributed by atoms with Crippen LogP contribution in [0, 0.1) is 6.92 Å². The molecule has 1 N–H and O–H groups in total. The molecule has 1 unspecified atom stereocenters. The van der Waals surface area contributed by atoms with Crippen LogP contribution < -0.4 is 0 Å². The van der Waals surface area contributed by atoms with Gasteiger partial charge in [-0.2, -0.15) is 0 Å². The van der Waals surface area contributed by atoms with Gasteiger partial charge in [0, 0.05) is 0 Å². The van der Waals surface area contributed by atoms with Crippen molar-refractivity contribution in [2.75, 3.05) is 5.75 Å². The topological polar surface area (TPSA) is 37.3 Å². The summed E-state index contributed by atoms with van der Waals surface area (Å²) in [5, 5.41) is 9.46. The second-order valence-electron chi connectivity index (χ2n) is 3.78. The fourth-order valence-electron chi connectivity index (χ4n) is 1.80. The van der Waals surface area contributed by atoms with E-state index in [9.17, 15) is 9.90 Å². The second-order valence-corrected chi connectivity index (χ2v) is 5.35. The number of aliphatic carboxylic acids is 1. The van der Waals surface area contributed by atoms with Gasteiger partial charge < -0.3 is 5.11 Å². The zero-order chi connectivity index (χ0) is 12.2. The monoisotopic (exact) mass is 238 g/mol. The van der Waals surface area contributed by atoms with E-state index in [0.29, 0.717) is 6.42 Å². The summed E-state index contributed by atoms with van der Waals surface area (Å²) >= 11 is 1.49. The summed E-state index contributed by atoms with van der Waals surface area (Å²) in [6, 6.07) is 7.79. The quantitative estimate of drug-likeness (QED) is 0.853. The maximum absolute atomic E-state index is 11.5. The van der Waals surface area contributed by atoms with Crippen molar-refractivity contribution in [2.45, 2.75) is 31.9 Å². The standard InChI is InChI=1S/C13H18O2S/c1-4-13(12(14)15,16-5-2)11-8-6-10(3)7-9-11/h6-9H,4-5H2,1-3H3,(H,14,15). The number of carboxylic acid groups (broad SMARTS) is 1. The predicted molar refractivity (Wildman–Crippen MR) is 68.9 cm³/mol. The van der Waals surface area contributed by atoms with E-state index in [1.165, 1.54) is 11.8 Å². The molecule has 0 heterocycles. The predicted octanol–water partition coefficient (Wildman–Crippen LogP) is 3.44. The fourth-order valence-corrected chi connectivity index (χ4v) is 2.92. The number of hydrogen-bond acceptors (Lipinski definition) is 2. The Labute approximate surface area is 101 Å². The van der Waals surface area contributed by atoms with E-state index in [4.69, 9.17) is 0 Å². The Morgan fingerprint density at radius 2 is 1.88 bits per heavy atom. The molecule has 0 aliphatic carbocycles. The lowest BCUT2D eigenvalue weighted by atomic mass is 9.95. The Balaban J connectivity index is 3.18. The van der Waals surface area contributed by atoms with Gasteiger partial charge in [0.1, 0.15) is 4.75 Å². The second kappa shape index (κ2) is 5.39. The highest BCUT2D eigenvalue weighted by Gasteiger charge is 2.38. The number of carboxylic acids is 1. The molecule has 1 atom stereocenters. The van der Waals surface area contributed by atoms with Crippen molar-refractivity contribution in [3.63, 3.8) is 0 Å². The molecule has 0 bridgehead atoms. The van der Waals surface area contributed by atoms with Gasteiger partial charge in [0.15, 0.2) is 0 Å². The van der Waals surface area contributed by atoms with Crippen molar-refractivity contribution in [1.29, 1.82) is 0 Å². The molecule has 16 heavy (non-hydrogen) atoms. The summed E-state index contributed by atoms with van der Waals surface area (Å²) in [5.41, 5.74) is 2.04. The Kier molecular flexibility index (Phi) is 4.42. The summed E-state index contributed by atoms with van der Waals surface area (Å²) in [6.45, 7) is 5.92. The molecule has 0 fully saturated rings. The smallest absolute Gasteiger partial charge is 0.324 e. The van der Waals surface area contributed by atoms with E-state index >= 15 is 0 Å². The largest absolute Gasteiger partial charge is 0.480 e. The Morgan fingerprint density at radius 1 is 1.31 bits per heavy atom. The van der Waals surface area contributed by atoms with Gasteiger partial charge in [-0.3, -0.25) is 4.79 Å². The van der Waals surface area contributed by atoms with Gasteiger partial charge in [0.2, 0.25) is 0 Å². The lowest BCUT2D eigenvalue weighted by molar-refractivity contribution is -0.140. The molecular formula is C13H18O2S. The minimum atomic E-state index is -0.789. The van der Waals surface area contributed by atoms with E-state index in [0.717, 1.165) is 16.9 Å². The van der Waals surface area contributed by atoms with Gasteiger partial charge in [-0.05, 0) is 24.7 Å². The Bertz CT molecular complexity index is 359. The number of thioether (sulfide) groups is 1. The minimum Gasteiger partial charge on any atom is -0.480 e. The van der Waals surface area contributed by atoms with Gasteiger partial charge in [0.05, 0.1) is 0 Å². The zero-order valence-corrected chi connectivity index (χ0v) is 10.8. The van der Waals surface area contributed by atoms with Crippen molar-refractivity contribution in [3.8, 4) is 0 Å². The van der Waals surface area contributed by atoms with Crippen LogP contribution in [0.3, 0.4) is 0 Å². The maximum atomic E-state index is 11.5. The van der Waals surface area contributed by atoms with Crippen LogP contribution >= 0.6 is 11.8 Å². The van der Waals surface area contributed by atoms with Crippen LogP contribution in [0.5, 0.6) is 0 Å². The van der Waals surface area contributed by atoms with Crippen molar-refractivity contribution >= 4 is 17.7 Å². The van der Waals surface area contributed by atoms with Crippen molar-refractivity contribution < 1.29 is 9.90 Å². The summed E-state index contributed by atoms with van der Waals surface area (Å²) < 4.78 is -0.789. The minimum absolute atomic E-state index is 0.601. The highest BCUT2D eigenvalue weighted by molar-refractivity contribution is 8.00. The molecule has 0 spiro atoms. The van der Waals surface area contributed by atoms with E-state index < -0.39 is 10.7 Å². The summed E-state index contributed by atoms with van der Waals surface area (Å²) in [4.78, 5) is 11.5. The van der Waals surface area contributed by atoms with Gasteiger partial charge in [-0.15, -0.1) is 11.8 Å². The van der Waals surface area contributed by atoms with Crippen LogP contribution in [0.4, 0.5) is 0 Å². The number of carbonyl (C=O) groups is 1. The molecule has 0 saturated carbocycles. The molecule has 0 aromatic heterocycles. The number of hydrogen-bond donors (Lipinski definition) is 1. The molecule has 0 amide bonds. The Morgan fingerprint density at radius 3 is 2.25 bits per heavy atom. The van der Waals surface area contributed by atoms with E-state index in [1.54, 1.807) is 0 Å². The third kappa shape index (κ3) is 2.40. The van der Waals surface area contributed by atoms with Gasteiger partial charge in [-0.25, -0.2) is 0 Å². The molecule has 1 aromatic rings. The molecular weight excluding hydrogens is 220 g/mol. The van der Waals surface area contributed by atoms with Crippen molar-refractivity contribution in [3.05, 3.63) is 35.4 Å². The lowest BCUT2D eigenvalue weighted by Crippen LogP contribution is -2.31.